The van der Waals surface area contributed by atoms with E-state index in [9.17, 15) is 9.90 Å². The molecule has 7 heteroatoms. The molecule has 0 atom stereocenters. The molecule has 0 amide bonds. The summed E-state index contributed by atoms with van der Waals surface area (Å²) in [6.07, 6.45) is 5.05. The Labute approximate surface area is 141 Å². The molecule has 1 saturated heterocycles. The van der Waals surface area contributed by atoms with Crippen LogP contribution in [0.2, 0.25) is 0 Å². The minimum absolute atomic E-state index is 0.186. The molecule has 0 saturated carbocycles. The van der Waals surface area contributed by atoms with Gasteiger partial charge in [-0.3, -0.25) is 9.69 Å². The van der Waals surface area contributed by atoms with Gasteiger partial charge in [0.2, 0.25) is 11.4 Å². The van der Waals surface area contributed by atoms with Crippen molar-refractivity contribution in [2.75, 3.05) is 31.1 Å². The number of hydrogen-bond acceptors (Lipinski definition) is 6. The minimum Gasteiger partial charge on any atom is -0.503 e. The van der Waals surface area contributed by atoms with Crippen LogP contribution in [0.1, 0.15) is 25.6 Å². The highest BCUT2D eigenvalue weighted by Gasteiger charge is 2.20. The van der Waals surface area contributed by atoms with Crippen LogP contribution in [0.4, 0.5) is 5.95 Å². The van der Waals surface area contributed by atoms with Crippen LogP contribution < -0.4 is 10.3 Å². The summed E-state index contributed by atoms with van der Waals surface area (Å²) in [7, 11) is 0. The Balaban J connectivity index is 1.68. The summed E-state index contributed by atoms with van der Waals surface area (Å²) in [6, 6.07) is 3.54. The van der Waals surface area contributed by atoms with Crippen molar-refractivity contribution in [3.63, 3.8) is 0 Å². The van der Waals surface area contributed by atoms with Crippen molar-refractivity contribution in [3.05, 3.63) is 46.6 Å². The normalized spacial score (nSPS) is 15.9. The van der Waals surface area contributed by atoms with Crippen molar-refractivity contribution in [1.82, 2.24) is 19.4 Å². The van der Waals surface area contributed by atoms with E-state index in [1.165, 1.54) is 6.20 Å². The predicted molar refractivity (Wildman–Crippen MR) is 92.3 cm³/mol. The van der Waals surface area contributed by atoms with Crippen LogP contribution in [-0.4, -0.2) is 50.7 Å². The lowest BCUT2D eigenvalue weighted by molar-refractivity contribution is 0.240. The third kappa shape index (κ3) is 3.56. The van der Waals surface area contributed by atoms with Gasteiger partial charge in [0, 0.05) is 62.9 Å². The number of nitrogens with zero attached hydrogens (tertiary/aromatic N) is 5. The molecule has 1 fully saturated rings. The molecule has 3 rings (SSSR count). The van der Waals surface area contributed by atoms with Gasteiger partial charge in [-0.2, -0.15) is 0 Å². The molecule has 2 aromatic heterocycles. The molecule has 0 unspecified atom stereocenters. The number of pyridine rings is 1. The van der Waals surface area contributed by atoms with Gasteiger partial charge in [-0.05, 0) is 19.9 Å². The van der Waals surface area contributed by atoms with Crippen LogP contribution >= 0.6 is 0 Å². The Kier molecular flexibility index (Phi) is 4.80. The van der Waals surface area contributed by atoms with Crippen LogP contribution in [-0.2, 0) is 6.54 Å². The van der Waals surface area contributed by atoms with Gasteiger partial charge in [0.05, 0.1) is 6.20 Å². The summed E-state index contributed by atoms with van der Waals surface area (Å²) in [5.74, 6) is 0.569. The molecule has 1 aliphatic heterocycles. The fourth-order valence-corrected chi connectivity index (χ4v) is 2.98. The molecule has 128 valence electrons. The maximum Gasteiger partial charge on any atom is 0.225 e. The van der Waals surface area contributed by atoms with Gasteiger partial charge in [-0.15, -0.1) is 0 Å². The standard InChI is InChI=1S/C17H23N5O2/c1-13(2)22-12-16(24)15(23)10-14(22)11-20-6-8-21(9-7-20)17-18-4-3-5-19-17/h3-5,10,12-13,24H,6-9,11H2,1-2H3. The quantitative estimate of drug-likeness (QED) is 0.910. The average molecular weight is 329 g/mol. The summed E-state index contributed by atoms with van der Waals surface area (Å²) in [4.78, 5) is 24.9. The van der Waals surface area contributed by atoms with Crippen LogP contribution in [0.5, 0.6) is 5.75 Å². The van der Waals surface area contributed by atoms with Crippen LogP contribution in [0.15, 0.2) is 35.5 Å². The summed E-state index contributed by atoms with van der Waals surface area (Å²) < 4.78 is 1.96. The van der Waals surface area contributed by atoms with Gasteiger partial charge >= 0.3 is 0 Å². The maximum absolute atomic E-state index is 11.8. The lowest BCUT2D eigenvalue weighted by Gasteiger charge is -2.35. The summed E-state index contributed by atoms with van der Waals surface area (Å²) in [5, 5.41) is 9.67. The van der Waals surface area contributed by atoms with Gasteiger partial charge in [-0.1, -0.05) is 0 Å². The zero-order valence-corrected chi connectivity index (χ0v) is 14.1. The molecule has 24 heavy (non-hydrogen) atoms. The van der Waals surface area contributed by atoms with E-state index in [0.717, 1.165) is 37.8 Å². The molecule has 7 nitrogen and oxygen atoms in total. The first-order chi connectivity index (χ1) is 11.5. The monoisotopic (exact) mass is 329 g/mol. The fraction of sp³-hybridized carbons (Fsp3) is 0.471. The molecular weight excluding hydrogens is 306 g/mol. The predicted octanol–water partition coefficient (Wildman–Crippen LogP) is 1.25. The largest absolute Gasteiger partial charge is 0.503 e. The van der Waals surface area contributed by atoms with Crippen molar-refractivity contribution < 1.29 is 5.11 Å². The van der Waals surface area contributed by atoms with Crippen molar-refractivity contribution >= 4 is 5.95 Å². The molecule has 0 aliphatic carbocycles. The van der Waals surface area contributed by atoms with Crippen LogP contribution in [0, 0.1) is 0 Å². The minimum atomic E-state index is -0.321. The number of aromatic hydroxyl groups is 1. The Bertz CT molecular complexity index is 736. The smallest absolute Gasteiger partial charge is 0.225 e. The molecular formula is C17H23N5O2. The highest BCUT2D eigenvalue weighted by molar-refractivity contribution is 5.29. The second-order valence-electron chi connectivity index (χ2n) is 6.33. The van der Waals surface area contributed by atoms with E-state index in [1.807, 2.05) is 24.5 Å². The summed E-state index contributed by atoms with van der Waals surface area (Å²) in [6.45, 7) is 8.24. The Morgan fingerprint density at radius 1 is 1.17 bits per heavy atom. The molecule has 0 radical (unpaired) electrons. The first kappa shape index (κ1) is 16.4. The highest BCUT2D eigenvalue weighted by atomic mass is 16.3. The van der Waals surface area contributed by atoms with E-state index in [0.29, 0.717) is 6.54 Å². The van der Waals surface area contributed by atoms with E-state index in [1.54, 1.807) is 18.5 Å². The molecule has 2 aromatic rings. The Morgan fingerprint density at radius 3 is 2.46 bits per heavy atom. The van der Waals surface area contributed by atoms with Crippen molar-refractivity contribution in [2.24, 2.45) is 0 Å². The first-order valence-corrected chi connectivity index (χ1v) is 8.23. The molecule has 0 aromatic carbocycles. The van der Waals surface area contributed by atoms with Gasteiger partial charge in [0.1, 0.15) is 0 Å². The zero-order chi connectivity index (χ0) is 17.1. The molecule has 1 N–H and O–H groups in total. The van der Waals surface area contributed by atoms with Crippen molar-refractivity contribution in [3.8, 4) is 5.75 Å². The number of rotatable bonds is 4. The van der Waals surface area contributed by atoms with E-state index in [4.69, 9.17) is 0 Å². The lowest BCUT2D eigenvalue weighted by Crippen LogP contribution is -2.46. The second-order valence-corrected chi connectivity index (χ2v) is 6.33. The Morgan fingerprint density at radius 2 is 1.83 bits per heavy atom. The SMILES string of the molecule is CC(C)n1cc(O)c(=O)cc1CN1CCN(c2ncccn2)CC1. The van der Waals surface area contributed by atoms with Crippen molar-refractivity contribution in [2.45, 2.75) is 26.4 Å². The number of hydrogen-bond donors (Lipinski definition) is 1. The molecule has 0 spiro atoms. The fourth-order valence-electron chi connectivity index (χ4n) is 2.98. The van der Waals surface area contributed by atoms with E-state index in [2.05, 4.69) is 19.8 Å². The van der Waals surface area contributed by atoms with E-state index in [-0.39, 0.29) is 17.2 Å². The third-order valence-electron chi connectivity index (χ3n) is 4.29. The summed E-state index contributed by atoms with van der Waals surface area (Å²) in [5.41, 5.74) is 0.607. The maximum atomic E-state index is 11.8. The van der Waals surface area contributed by atoms with Gasteiger partial charge in [0.15, 0.2) is 5.75 Å². The topological polar surface area (TPSA) is 74.5 Å². The van der Waals surface area contributed by atoms with Gasteiger partial charge in [-0.25, -0.2) is 9.97 Å². The van der Waals surface area contributed by atoms with E-state index < -0.39 is 0 Å². The van der Waals surface area contributed by atoms with Crippen LogP contribution in [0.25, 0.3) is 0 Å². The first-order valence-electron chi connectivity index (χ1n) is 8.23. The highest BCUT2D eigenvalue weighted by Crippen LogP contribution is 2.16. The van der Waals surface area contributed by atoms with Gasteiger partial charge in [0.25, 0.3) is 0 Å². The van der Waals surface area contributed by atoms with Crippen molar-refractivity contribution in [1.29, 1.82) is 0 Å². The molecule has 3 heterocycles. The lowest BCUT2D eigenvalue weighted by atomic mass is 10.2. The summed E-state index contributed by atoms with van der Waals surface area (Å²) >= 11 is 0. The number of piperazine rings is 1. The zero-order valence-electron chi connectivity index (χ0n) is 14.1. The van der Waals surface area contributed by atoms with E-state index >= 15 is 0 Å². The van der Waals surface area contributed by atoms with Gasteiger partial charge < -0.3 is 14.6 Å². The molecule has 1 aliphatic rings. The second kappa shape index (κ2) is 7.00. The number of aromatic nitrogens is 3. The number of anilines is 1. The Hall–Kier alpha value is -2.41. The molecule has 0 bridgehead atoms. The average Bonchev–Trinajstić information content (AvgIpc) is 2.59. The third-order valence-corrected chi connectivity index (χ3v) is 4.29. The van der Waals surface area contributed by atoms with Crippen LogP contribution in [0.3, 0.4) is 0 Å².